The summed E-state index contributed by atoms with van der Waals surface area (Å²) in [6, 6.07) is 16.7. The third kappa shape index (κ3) is 6.19. The molecule has 1 heterocycles. The van der Waals surface area contributed by atoms with Crippen LogP contribution in [0, 0.1) is 3.57 Å². The Labute approximate surface area is 233 Å². The Bertz CT molecular complexity index is 1350. The summed E-state index contributed by atoms with van der Waals surface area (Å²) in [5.74, 6) is 0.413. The number of carbonyl (C=O) groups is 1. The van der Waals surface area contributed by atoms with Crippen LogP contribution in [0.4, 0.5) is 0 Å². The van der Waals surface area contributed by atoms with Gasteiger partial charge in [-0.2, -0.15) is 5.10 Å². The summed E-state index contributed by atoms with van der Waals surface area (Å²) in [5, 5.41) is 5.57. The first kappa shape index (κ1) is 24.7. The highest BCUT2D eigenvalue weighted by Crippen LogP contribution is 2.35. The second-order valence-electron chi connectivity index (χ2n) is 6.84. The van der Waals surface area contributed by atoms with Gasteiger partial charge in [-0.05, 0) is 108 Å². The number of carbonyl (C=O) groups excluding carboxylic acids is 1. The number of fused-ring (bicyclic) bond motifs is 1. The summed E-state index contributed by atoms with van der Waals surface area (Å²) >= 11 is 18.6. The highest BCUT2D eigenvalue weighted by molar-refractivity contribution is 14.1. The van der Waals surface area contributed by atoms with Gasteiger partial charge in [0.25, 0.3) is 0 Å². The maximum Gasteiger partial charge on any atom is 0.307 e. The van der Waals surface area contributed by atoms with E-state index in [2.05, 4.69) is 80.9 Å². The molecule has 1 N–H and O–H groups in total. The molecule has 168 valence electrons. The molecule has 0 unspecified atom stereocenters. The van der Waals surface area contributed by atoms with Crippen LogP contribution in [0.3, 0.4) is 0 Å². The molecule has 33 heavy (non-hydrogen) atoms. The van der Waals surface area contributed by atoms with E-state index in [1.54, 1.807) is 12.3 Å². The normalized spacial score (nSPS) is 11.3. The number of benzene rings is 3. The lowest BCUT2D eigenvalue weighted by Crippen LogP contribution is -2.16. The van der Waals surface area contributed by atoms with E-state index in [-0.39, 0.29) is 5.76 Å². The summed E-state index contributed by atoms with van der Waals surface area (Å²) in [6.45, 7) is 0.394. The van der Waals surface area contributed by atoms with Crippen molar-refractivity contribution in [1.29, 1.82) is 0 Å². The molecule has 4 rings (SSSR count). The first-order chi connectivity index (χ1) is 15.8. The molecule has 0 aliphatic carbocycles. The lowest BCUT2D eigenvalue weighted by atomic mass is 10.2. The molecule has 4 aromatic rings. The third-order valence-electron chi connectivity index (χ3n) is 4.46. The fourth-order valence-electron chi connectivity index (χ4n) is 2.94. The molecule has 0 radical (unpaired) electrons. The van der Waals surface area contributed by atoms with Gasteiger partial charge in [0.2, 0.25) is 0 Å². The van der Waals surface area contributed by atoms with Gasteiger partial charge in [-0.3, -0.25) is 4.79 Å². The average Bonchev–Trinajstić information content (AvgIpc) is 3.19. The summed E-state index contributed by atoms with van der Waals surface area (Å²) in [6.07, 6.45) is 1.54. The van der Waals surface area contributed by atoms with Crippen LogP contribution in [-0.2, 0) is 6.61 Å². The largest absolute Gasteiger partial charge is 0.487 e. The number of hydrazone groups is 1. The number of amides is 1. The Balaban J connectivity index is 1.42. The Morgan fingerprint density at radius 1 is 1.09 bits per heavy atom. The zero-order valence-electron chi connectivity index (χ0n) is 16.5. The molecule has 1 aromatic heterocycles. The van der Waals surface area contributed by atoms with Crippen molar-refractivity contribution in [3.63, 3.8) is 0 Å². The Hall–Kier alpha value is -1.40. The second kappa shape index (κ2) is 10.9. The van der Waals surface area contributed by atoms with Crippen molar-refractivity contribution < 1.29 is 13.9 Å². The van der Waals surface area contributed by atoms with Crippen molar-refractivity contribution in [1.82, 2.24) is 5.43 Å². The lowest BCUT2D eigenvalue weighted by molar-refractivity contribution is 0.0929. The number of furan rings is 1. The molecule has 0 saturated carbocycles. The predicted octanol–water partition coefficient (Wildman–Crippen LogP) is 8.32. The zero-order valence-corrected chi connectivity index (χ0v) is 24.2. The molecule has 3 aromatic carbocycles. The standard InChI is InChI=1S/C23H13Br3ClIN2O3/c24-15-7-14-8-20(33-21(14)19(28)9-15)23(31)30-29-10-13-5-17(25)22(18(26)6-13)32-11-12-1-3-16(27)4-2-12/h1-10H,11H2,(H,30,31)/b29-10-. The van der Waals surface area contributed by atoms with Crippen LogP contribution in [0.5, 0.6) is 5.75 Å². The van der Waals surface area contributed by atoms with Crippen LogP contribution in [0.1, 0.15) is 21.7 Å². The minimum Gasteiger partial charge on any atom is -0.487 e. The van der Waals surface area contributed by atoms with Gasteiger partial charge in [-0.25, -0.2) is 5.43 Å². The number of ether oxygens (including phenoxy) is 1. The van der Waals surface area contributed by atoms with Crippen molar-refractivity contribution in [2.45, 2.75) is 6.61 Å². The van der Waals surface area contributed by atoms with Crippen LogP contribution >= 0.6 is 82.0 Å². The quantitative estimate of drug-likeness (QED) is 0.122. The fourth-order valence-corrected chi connectivity index (χ4v) is 6.17. The number of hydrogen-bond acceptors (Lipinski definition) is 4. The monoisotopic (exact) mass is 764 g/mol. The van der Waals surface area contributed by atoms with E-state index in [1.807, 2.05) is 48.5 Å². The highest BCUT2D eigenvalue weighted by atomic mass is 127. The van der Waals surface area contributed by atoms with Crippen molar-refractivity contribution in [2.75, 3.05) is 0 Å². The van der Waals surface area contributed by atoms with Crippen LogP contribution in [0.15, 0.2) is 77.5 Å². The molecule has 10 heteroatoms. The SMILES string of the molecule is O=C(N/N=C\c1cc(Br)c(OCc2ccc(Cl)cc2)c(Br)c1)c1cc2cc(Br)cc(I)c2o1. The van der Waals surface area contributed by atoms with Gasteiger partial charge in [0.15, 0.2) is 5.76 Å². The van der Waals surface area contributed by atoms with Crippen LogP contribution in [0.2, 0.25) is 5.02 Å². The minimum atomic E-state index is -0.435. The molecule has 0 aliphatic rings. The van der Waals surface area contributed by atoms with E-state index in [4.69, 9.17) is 20.8 Å². The Kier molecular flexibility index (Phi) is 8.16. The summed E-state index contributed by atoms with van der Waals surface area (Å²) < 4.78 is 14.9. The maximum atomic E-state index is 12.5. The third-order valence-corrected chi connectivity index (χ3v) is 7.15. The van der Waals surface area contributed by atoms with Crippen molar-refractivity contribution in [3.05, 3.63) is 93.5 Å². The van der Waals surface area contributed by atoms with Gasteiger partial charge in [0.05, 0.1) is 18.7 Å². The number of nitrogens with zero attached hydrogens (tertiary/aromatic N) is 1. The van der Waals surface area contributed by atoms with Crippen molar-refractivity contribution in [2.24, 2.45) is 5.10 Å². The van der Waals surface area contributed by atoms with Crippen molar-refractivity contribution >= 4 is 105 Å². The van der Waals surface area contributed by atoms with E-state index in [0.29, 0.717) is 23.0 Å². The van der Waals surface area contributed by atoms with Crippen LogP contribution in [-0.4, -0.2) is 12.1 Å². The van der Waals surface area contributed by atoms with Gasteiger partial charge in [0, 0.05) is 14.9 Å². The number of hydrogen-bond donors (Lipinski definition) is 1. The second-order valence-corrected chi connectivity index (χ2v) is 11.1. The molecular formula is C23H13Br3ClIN2O3. The van der Waals surface area contributed by atoms with E-state index in [1.165, 1.54) is 0 Å². The first-order valence-electron chi connectivity index (χ1n) is 9.38. The van der Waals surface area contributed by atoms with E-state index >= 15 is 0 Å². The van der Waals surface area contributed by atoms with Crippen LogP contribution in [0.25, 0.3) is 11.0 Å². The van der Waals surface area contributed by atoms with E-state index in [0.717, 1.165) is 33.5 Å². The minimum absolute atomic E-state index is 0.187. The zero-order chi connectivity index (χ0) is 23.5. The van der Waals surface area contributed by atoms with E-state index in [9.17, 15) is 4.79 Å². The summed E-state index contributed by atoms with van der Waals surface area (Å²) in [4.78, 5) is 12.5. The van der Waals surface area contributed by atoms with Gasteiger partial charge < -0.3 is 9.15 Å². The van der Waals surface area contributed by atoms with Gasteiger partial charge >= 0.3 is 5.91 Å². The molecule has 1 amide bonds. The van der Waals surface area contributed by atoms with Gasteiger partial charge in [-0.1, -0.05) is 39.7 Å². The molecule has 0 saturated heterocycles. The Morgan fingerprint density at radius 2 is 1.79 bits per heavy atom. The molecular weight excluding hydrogens is 754 g/mol. The van der Waals surface area contributed by atoms with Crippen molar-refractivity contribution in [3.8, 4) is 5.75 Å². The molecule has 0 aliphatic heterocycles. The molecule has 0 spiro atoms. The summed E-state index contributed by atoms with van der Waals surface area (Å²) in [5.41, 5.74) is 4.92. The highest BCUT2D eigenvalue weighted by Gasteiger charge is 2.14. The molecule has 5 nitrogen and oxygen atoms in total. The number of nitrogens with one attached hydrogen (secondary N) is 1. The Morgan fingerprint density at radius 3 is 2.48 bits per heavy atom. The van der Waals surface area contributed by atoms with Gasteiger partial charge in [0.1, 0.15) is 17.9 Å². The average molecular weight is 767 g/mol. The maximum absolute atomic E-state index is 12.5. The molecule has 0 bridgehead atoms. The summed E-state index contributed by atoms with van der Waals surface area (Å²) in [7, 11) is 0. The fraction of sp³-hybridized carbons (Fsp3) is 0.0435. The molecule has 0 atom stereocenters. The van der Waals surface area contributed by atoms with E-state index < -0.39 is 5.91 Å². The first-order valence-corrected chi connectivity index (χ1v) is 13.2. The topological polar surface area (TPSA) is 63.8 Å². The van der Waals surface area contributed by atoms with Gasteiger partial charge in [-0.15, -0.1) is 0 Å². The predicted molar refractivity (Wildman–Crippen MR) is 149 cm³/mol. The molecule has 0 fully saturated rings. The number of halogens is 5. The van der Waals surface area contributed by atoms with Crippen LogP contribution < -0.4 is 10.2 Å². The number of rotatable bonds is 6. The lowest BCUT2D eigenvalue weighted by Gasteiger charge is -2.11. The smallest absolute Gasteiger partial charge is 0.307 e.